The minimum absolute atomic E-state index is 0.109. The first-order valence-electron chi connectivity index (χ1n) is 8.61. The zero-order valence-corrected chi connectivity index (χ0v) is 14.7. The molecule has 2 heterocycles. The maximum atomic E-state index is 12.2. The van der Waals surface area contributed by atoms with Gasteiger partial charge in [-0.1, -0.05) is 29.8 Å². The molecule has 1 fully saturated rings. The third-order valence-electron chi connectivity index (χ3n) is 4.70. The highest BCUT2D eigenvalue weighted by Crippen LogP contribution is 2.17. The number of likely N-dealkylation sites (tertiary alicyclic amines) is 1. The van der Waals surface area contributed by atoms with Gasteiger partial charge < -0.3 is 4.90 Å². The molecule has 0 aliphatic carbocycles. The van der Waals surface area contributed by atoms with Gasteiger partial charge in [-0.3, -0.25) is 9.48 Å². The number of carbonyl (C=O) groups is 1. The largest absolute Gasteiger partial charge is 0.339 e. The van der Waals surface area contributed by atoms with E-state index in [-0.39, 0.29) is 5.91 Å². The highest BCUT2D eigenvalue weighted by molar-refractivity contribution is 5.92. The molecular weight excluding hydrogens is 298 g/mol. The Labute approximate surface area is 143 Å². The summed E-state index contributed by atoms with van der Waals surface area (Å²) in [6.07, 6.45) is 5.85. The monoisotopic (exact) mass is 323 g/mol. The molecule has 0 saturated carbocycles. The van der Waals surface area contributed by atoms with Crippen LogP contribution in [0.15, 0.2) is 30.3 Å². The number of rotatable bonds is 4. The standard InChI is InChI=1S/C20H25N3O/c1-15-6-8-18(9-7-15)14-23-17(3)19(16(2)21-23)10-11-20(24)22-12-4-5-13-22/h6-11H,4-5,12-14H2,1-3H3/b11-10+. The second-order valence-electron chi connectivity index (χ2n) is 6.59. The summed E-state index contributed by atoms with van der Waals surface area (Å²) in [5.74, 6) is 0.109. The van der Waals surface area contributed by atoms with E-state index in [0.717, 1.165) is 49.4 Å². The normalized spacial score (nSPS) is 14.7. The minimum Gasteiger partial charge on any atom is -0.339 e. The van der Waals surface area contributed by atoms with E-state index in [0.29, 0.717) is 0 Å². The van der Waals surface area contributed by atoms with Gasteiger partial charge >= 0.3 is 0 Å². The Kier molecular flexibility index (Phi) is 4.84. The molecule has 1 amide bonds. The van der Waals surface area contributed by atoms with Crippen molar-refractivity contribution in [2.45, 2.75) is 40.2 Å². The first-order valence-corrected chi connectivity index (χ1v) is 8.61. The average Bonchev–Trinajstić information content (AvgIpc) is 3.18. The number of aromatic nitrogens is 2. The third kappa shape index (κ3) is 3.58. The van der Waals surface area contributed by atoms with E-state index in [2.05, 4.69) is 43.2 Å². The molecule has 4 heteroatoms. The lowest BCUT2D eigenvalue weighted by Crippen LogP contribution is -2.25. The van der Waals surface area contributed by atoms with Gasteiger partial charge in [0.25, 0.3) is 0 Å². The average molecular weight is 323 g/mol. The lowest BCUT2D eigenvalue weighted by molar-refractivity contribution is -0.124. The van der Waals surface area contributed by atoms with E-state index < -0.39 is 0 Å². The molecule has 1 aromatic heterocycles. The molecule has 1 aromatic carbocycles. The fourth-order valence-corrected chi connectivity index (χ4v) is 3.17. The van der Waals surface area contributed by atoms with E-state index in [4.69, 9.17) is 0 Å². The number of amides is 1. The minimum atomic E-state index is 0.109. The zero-order chi connectivity index (χ0) is 17.1. The SMILES string of the molecule is Cc1ccc(Cn2nc(C)c(/C=C/C(=O)N3CCCC3)c2C)cc1. The van der Waals surface area contributed by atoms with Crippen LogP contribution in [0.2, 0.25) is 0 Å². The van der Waals surface area contributed by atoms with Gasteiger partial charge in [0.1, 0.15) is 0 Å². The quantitative estimate of drug-likeness (QED) is 0.808. The van der Waals surface area contributed by atoms with Crippen LogP contribution in [0.4, 0.5) is 0 Å². The van der Waals surface area contributed by atoms with Gasteiger partial charge in [-0.2, -0.15) is 5.10 Å². The number of hydrogen-bond donors (Lipinski definition) is 0. The Morgan fingerprint density at radius 3 is 2.46 bits per heavy atom. The maximum absolute atomic E-state index is 12.2. The van der Waals surface area contributed by atoms with Crippen molar-refractivity contribution in [2.24, 2.45) is 0 Å². The summed E-state index contributed by atoms with van der Waals surface area (Å²) >= 11 is 0. The van der Waals surface area contributed by atoms with Crippen LogP contribution in [0, 0.1) is 20.8 Å². The molecule has 3 rings (SSSR count). The molecule has 24 heavy (non-hydrogen) atoms. The molecule has 0 spiro atoms. The van der Waals surface area contributed by atoms with Gasteiger partial charge in [-0.05, 0) is 45.3 Å². The van der Waals surface area contributed by atoms with Crippen LogP contribution < -0.4 is 0 Å². The van der Waals surface area contributed by atoms with Crippen molar-refractivity contribution in [2.75, 3.05) is 13.1 Å². The third-order valence-corrected chi connectivity index (χ3v) is 4.70. The molecule has 0 N–H and O–H groups in total. The van der Waals surface area contributed by atoms with Crippen molar-refractivity contribution in [3.05, 3.63) is 58.4 Å². The fourth-order valence-electron chi connectivity index (χ4n) is 3.17. The summed E-state index contributed by atoms with van der Waals surface area (Å²) in [5.41, 5.74) is 5.60. The predicted molar refractivity (Wildman–Crippen MR) is 96.8 cm³/mol. The summed E-state index contributed by atoms with van der Waals surface area (Å²) in [6.45, 7) is 8.67. The Hall–Kier alpha value is -2.36. The van der Waals surface area contributed by atoms with E-state index >= 15 is 0 Å². The topological polar surface area (TPSA) is 38.1 Å². The Morgan fingerprint density at radius 2 is 1.79 bits per heavy atom. The number of carbonyl (C=O) groups excluding carboxylic acids is 1. The predicted octanol–water partition coefficient (Wildman–Crippen LogP) is 3.49. The molecule has 1 saturated heterocycles. The second-order valence-corrected chi connectivity index (χ2v) is 6.59. The molecular formula is C20H25N3O. The molecule has 2 aromatic rings. The lowest BCUT2D eigenvalue weighted by atomic mass is 10.1. The summed E-state index contributed by atoms with van der Waals surface area (Å²) in [4.78, 5) is 14.1. The van der Waals surface area contributed by atoms with Crippen LogP contribution >= 0.6 is 0 Å². The van der Waals surface area contributed by atoms with E-state index in [1.807, 2.05) is 22.6 Å². The summed E-state index contributed by atoms with van der Waals surface area (Å²) in [5, 5.41) is 4.64. The molecule has 0 unspecified atom stereocenters. The zero-order valence-electron chi connectivity index (χ0n) is 14.7. The van der Waals surface area contributed by atoms with Crippen molar-refractivity contribution < 1.29 is 4.79 Å². The van der Waals surface area contributed by atoms with Gasteiger partial charge in [0.05, 0.1) is 12.2 Å². The number of aryl methyl sites for hydroxylation is 2. The fraction of sp³-hybridized carbons (Fsp3) is 0.400. The Bertz CT molecular complexity index is 750. The van der Waals surface area contributed by atoms with E-state index in [1.165, 1.54) is 11.1 Å². The van der Waals surface area contributed by atoms with Gasteiger partial charge in [0.15, 0.2) is 0 Å². The first-order chi connectivity index (χ1) is 11.5. The van der Waals surface area contributed by atoms with Crippen LogP contribution in [-0.4, -0.2) is 33.7 Å². The van der Waals surface area contributed by atoms with Crippen LogP contribution in [0.3, 0.4) is 0 Å². The summed E-state index contributed by atoms with van der Waals surface area (Å²) in [6, 6.07) is 8.52. The molecule has 4 nitrogen and oxygen atoms in total. The van der Waals surface area contributed by atoms with Crippen LogP contribution in [0.1, 0.15) is 40.9 Å². The molecule has 1 aliphatic rings. The maximum Gasteiger partial charge on any atom is 0.246 e. The van der Waals surface area contributed by atoms with Crippen LogP contribution in [0.25, 0.3) is 6.08 Å². The molecule has 0 bridgehead atoms. The number of hydrogen-bond acceptors (Lipinski definition) is 2. The Balaban J connectivity index is 1.76. The van der Waals surface area contributed by atoms with Gasteiger partial charge in [0, 0.05) is 30.4 Å². The van der Waals surface area contributed by atoms with Crippen molar-refractivity contribution in [3.63, 3.8) is 0 Å². The van der Waals surface area contributed by atoms with Gasteiger partial charge in [0.2, 0.25) is 5.91 Å². The lowest BCUT2D eigenvalue weighted by Gasteiger charge is -2.11. The summed E-state index contributed by atoms with van der Waals surface area (Å²) < 4.78 is 2.01. The molecule has 126 valence electrons. The van der Waals surface area contributed by atoms with E-state index in [1.54, 1.807) is 6.08 Å². The first kappa shape index (κ1) is 16.5. The smallest absolute Gasteiger partial charge is 0.246 e. The summed E-state index contributed by atoms with van der Waals surface area (Å²) in [7, 11) is 0. The second kappa shape index (κ2) is 7.04. The number of nitrogens with zero attached hydrogens (tertiary/aromatic N) is 3. The molecule has 0 atom stereocenters. The van der Waals surface area contributed by atoms with Crippen LogP contribution in [0.5, 0.6) is 0 Å². The highest BCUT2D eigenvalue weighted by atomic mass is 16.2. The highest BCUT2D eigenvalue weighted by Gasteiger charge is 2.16. The molecule has 1 aliphatic heterocycles. The van der Waals surface area contributed by atoms with Crippen molar-refractivity contribution in [1.82, 2.24) is 14.7 Å². The van der Waals surface area contributed by atoms with Gasteiger partial charge in [-0.25, -0.2) is 0 Å². The molecule has 0 radical (unpaired) electrons. The van der Waals surface area contributed by atoms with Crippen LogP contribution in [-0.2, 0) is 11.3 Å². The Morgan fingerprint density at radius 1 is 1.12 bits per heavy atom. The number of benzene rings is 1. The van der Waals surface area contributed by atoms with Crippen molar-refractivity contribution in [1.29, 1.82) is 0 Å². The van der Waals surface area contributed by atoms with E-state index in [9.17, 15) is 4.79 Å². The van der Waals surface area contributed by atoms with Gasteiger partial charge in [-0.15, -0.1) is 0 Å². The van der Waals surface area contributed by atoms with Crippen molar-refractivity contribution >= 4 is 12.0 Å². The van der Waals surface area contributed by atoms with Crippen molar-refractivity contribution in [3.8, 4) is 0 Å².